The predicted molar refractivity (Wildman–Crippen MR) is 349 cm³/mol. The van der Waals surface area contributed by atoms with E-state index in [1.807, 2.05) is 0 Å². The van der Waals surface area contributed by atoms with Crippen LogP contribution in [-0.2, 0) is 0 Å². The maximum absolute atomic E-state index is 2.56. The highest BCUT2D eigenvalue weighted by Crippen LogP contribution is 2.51. The summed E-state index contributed by atoms with van der Waals surface area (Å²) < 4.78 is 10.1. The Morgan fingerprint density at radius 2 is 0.488 bits per heavy atom. The van der Waals surface area contributed by atoms with Gasteiger partial charge >= 0.3 is 0 Å². The molecule has 0 radical (unpaired) electrons. The van der Waals surface area contributed by atoms with E-state index in [0.29, 0.717) is 0 Å². The van der Waals surface area contributed by atoms with Crippen molar-refractivity contribution in [2.45, 2.75) is 0 Å². The largest absolute Gasteiger partial charge is 0.308 e. The summed E-state index contributed by atoms with van der Waals surface area (Å²) in [6, 6.07) is 88.7. The minimum Gasteiger partial charge on any atom is -0.308 e. The van der Waals surface area contributed by atoms with Crippen molar-refractivity contribution in [1.29, 1.82) is 0 Å². The Morgan fingerprint density at radius 3 is 0.939 bits per heavy atom. The van der Waals surface area contributed by atoms with Crippen molar-refractivity contribution < 1.29 is 0 Å². The summed E-state index contributed by atoms with van der Waals surface area (Å²) >= 11 is 0. The van der Waals surface area contributed by atoms with Gasteiger partial charge in [-0.05, 0) is 138 Å². The number of fused-ring (bicyclic) bond motifs is 29. The highest BCUT2D eigenvalue weighted by atomic mass is 14.9. The molecule has 0 unspecified atom stereocenters. The molecule has 8 aromatic heterocycles. The van der Waals surface area contributed by atoms with E-state index in [-0.39, 0.29) is 0 Å². The lowest BCUT2D eigenvalue weighted by molar-refractivity contribution is 1.37. The van der Waals surface area contributed by atoms with Gasteiger partial charge in [0.15, 0.2) is 0 Å². The van der Waals surface area contributed by atoms with Gasteiger partial charge in [-0.1, -0.05) is 158 Å². The number of nitrogens with zero attached hydrogens (tertiary/aromatic N) is 4. The third-order valence-corrected chi connectivity index (χ3v) is 20.3. The van der Waals surface area contributed by atoms with Crippen LogP contribution < -0.4 is 0 Å². The summed E-state index contributed by atoms with van der Waals surface area (Å²) in [7, 11) is 0. The van der Waals surface area contributed by atoms with E-state index in [1.54, 1.807) is 0 Å². The molecule has 0 spiro atoms. The van der Waals surface area contributed by atoms with Crippen LogP contribution in [0.25, 0.3) is 217 Å². The van der Waals surface area contributed by atoms with Crippen LogP contribution in [0.1, 0.15) is 0 Å². The van der Waals surface area contributed by atoms with Crippen molar-refractivity contribution in [3.8, 4) is 11.1 Å². The van der Waals surface area contributed by atoms with Crippen molar-refractivity contribution in [3.63, 3.8) is 0 Å². The Balaban J connectivity index is 0.693. The molecule has 82 heavy (non-hydrogen) atoms. The summed E-state index contributed by atoms with van der Waals surface area (Å²) in [5, 5.41) is 34.1. The average Bonchev–Trinajstić information content (AvgIpc) is 2.40. The van der Waals surface area contributed by atoms with Crippen LogP contribution in [-0.4, -0.2) is 17.6 Å². The monoisotopic (exact) mass is 1030 g/mol. The zero-order valence-electron chi connectivity index (χ0n) is 43.7. The lowest BCUT2D eigenvalue weighted by Crippen LogP contribution is -1.88. The van der Waals surface area contributed by atoms with Gasteiger partial charge in [-0.25, -0.2) is 0 Å². The lowest BCUT2D eigenvalue weighted by atomic mass is 9.90. The lowest BCUT2D eigenvalue weighted by Gasteiger charge is -2.14. The maximum Gasteiger partial charge on any atom is 0.0620 e. The second-order valence-electron chi connectivity index (χ2n) is 23.9. The molecule has 23 rings (SSSR count). The molecule has 0 bridgehead atoms. The molecule has 0 saturated carbocycles. The first kappa shape index (κ1) is 40.3. The van der Waals surface area contributed by atoms with Crippen molar-refractivity contribution in [1.82, 2.24) is 17.6 Å². The third-order valence-electron chi connectivity index (χ3n) is 20.3. The van der Waals surface area contributed by atoms with Gasteiger partial charge in [0, 0.05) is 86.2 Å². The average molecular weight is 1030 g/mol. The molecule has 23 aromatic rings. The fraction of sp³-hybridized carbons (Fsp3) is 0. The minimum atomic E-state index is 1.23. The van der Waals surface area contributed by atoms with Crippen LogP contribution in [0.3, 0.4) is 0 Å². The molecule has 0 aliphatic heterocycles. The third kappa shape index (κ3) is 4.32. The number of aromatic nitrogens is 4. The van der Waals surface area contributed by atoms with Crippen LogP contribution in [0.5, 0.6) is 0 Å². The molecule has 4 heteroatoms. The van der Waals surface area contributed by atoms with Gasteiger partial charge in [-0.15, -0.1) is 0 Å². The van der Waals surface area contributed by atoms with E-state index in [4.69, 9.17) is 0 Å². The van der Waals surface area contributed by atoms with E-state index in [2.05, 4.69) is 248 Å². The Hall–Kier alpha value is -10.9. The van der Waals surface area contributed by atoms with Crippen LogP contribution >= 0.6 is 0 Å². The van der Waals surface area contributed by atoms with Gasteiger partial charge in [-0.3, -0.25) is 0 Å². The zero-order valence-corrected chi connectivity index (χ0v) is 43.7. The van der Waals surface area contributed by atoms with Crippen molar-refractivity contribution in [2.24, 2.45) is 0 Å². The van der Waals surface area contributed by atoms with E-state index in [0.717, 1.165) is 0 Å². The molecule has 0 amide bonds. The Morgan fingerprint density at radius 1 is 0.159 bits per heavy atom. The first-order valence-electron chi connectivity index (χ1n) is 28.7. The van der Waals surface area contributed by atoms with Gasteiger partial charge in [0.1, 0.15) is 0 Å². The summed E-state index contributed by atoms with van der Waals surface area (Å²) in [5.74, 6) is 0. The number of hydrogen-bond donors (Lipinski definition) is 0. The first-order valence-corrected chi connectivity index (χ1v) is 28.7. The smallest absolute Gasteiger partial charge is 0.0620 e. The van der Waals surface area contributed by atoms with Crippen LogP contribution in [0.4, 0.5) is 0 Å². The molecule has 0 aliphatic rings. The van der Waals surface area contributed by atoms with Crippen LogP contribution in [0, 0.1) is 0 Å². The normalized spacial score (nSPS) is 13.4. The molecular formula is C78H38N4. The molecule has 0 fully saturated rings. The van der Waals surface area contributed by atoms with Gasteiger partial charge < -0.3 is 17.6 Å². The summed E-state index contributed by atoms with van der Waals surface area (Å²) in [6.45, 7) is 0. The fourth-order valence-corrected chi connectivity index (χ4v) is 17.1. The first-order chi connectivity index (χ1) is 40.7. The van der Waals surface area contributed by atoms with Crippen LogP contribution in [0.2, 0.25) is 0 Å². The van der Waals surface area contributed by atoms with Crippen molar-refractivity contribution >= 4 is 206 Å². The minimum absolute atomic E-state index is 1.23. The summed E-state index contributed by atoms with van der Waals surface area (Å²) in [5.41, 5.74) is 17.8. The Labute approximate surface area is 462 Å². The van der Waals surface area contributed by atoms with Gasteiger partial charge in [0.25, 0.3) is 0 Å². The highest BCUT2D eigenvalue weighted by molar-refractivity contribution is 6.40. The highest BCUT2D eigenvalue weighted by Gasteiger charge is 2.26. The van der Waals surface area contributed by atoms with Gasteiger partial charge in [0.2, 0.25) is 0 Å². The molecule has 0 saturated heterocycles. The Bertz CT molecular complexity index is 6920. The SMILES string of the molecule is c1ccc2c(c1)c1cccc3c4cc5c(ccc6cc7c(cc65)c5cccc6c8cc(-c9ccc%10c(c9)c9cccc%11c%12c%13ccc%14cc%15c(c%16ccc(cc%12n%10c9%11)c%13c%14%16)c9cccc%10c%11ccccc%11n%15c%109)ccc8n7c65)cc4n2c13. The standard InChI is InChI=1S/C78H38N4/c1-3-19-63-45(9-1)47-11-5-14-51-61-37-57-41(33-67(61)79(63)75(47)51)21-22-42-34-68-62(38-58(42)57)52-15-6-13-49-59-31-39(25-29-65(59)80(68)76(49)52)40-26-30-66-60(32-40)50-16-8-18-56-74-54-28-23-43-35-69-73(53-27-24-44(72(54)71(43)53)36-70(74)82(66)78(50)56)55-17-7-12-48-46-10-2-4-20-64(46)81(69)77(48)55/h1-38H. The van der Waals surface area contributed by atoms with Crippen molar-refractivity contribution in [3.05, 3.63) is 231 Å². The number of rotatable bonds is 1. The van der Waals surface area contributed by atoms with Crippen LogP contribution in [0.15, 0.2) is 231 Å². The maximum atomic E-state index is 2.56. The molecule has 8 heterocycles. The predicted octanol–water partition coefficient (Wildman–Crippen LogP) is 21.2. The zero-order chi connectivity index (χ0) is 52.3. The van der Waals surface area contributed by atoms with E-state index in [1.165, 1.54) is 217 Å². The number of hydrogen-bond acceptors (Lipinski definition) is 0. The molecule has 0 N–H and O–H groups in total. The quantitative estimate of drug-likeness (QED) is 0.146. The summed E-state index contributed by atoms with van der Waals surface area (Å²) in [4.78, 5) is 0. The second-order valence-corrected chi connectivity index (χ2v) is 23.9. The van der Waals surface area contributed by atoms with E-state index in [9.17, 15) is 0 Å². The number of benzene rings is 15. The van der Waals surface area contributed by atoms with Gasteiger partial charge in [0.05, 0.1) is 66.2 Å². The summed E-state index contributed by atoms with van der Waals surface area (Å²) in [6.07, 6.45) is 0. The molecular weight excluding hydrogens is 993 g/mol. The molecule has 4 nitrogen and oxygen atoms in total. The number of para-hydroxylation sites is 6. The topological polar surface area (TPSA) is 17.6 Å². The van der Waals surface area contributed by atoms with E-state index < -0.39 is 0 Å². The van der Waals surface area contributed by atoms with Crippen molar-refractivity contribution in [2.75, 3.05) is 0 Å². The van der Waals surface area contributed by atoms with Gasteiger partial charge in [-0.2, -0.15) is 0 Å². The molecule has 370 valence electrons. The second kappa shape index (κ2) is 13.2. The molecule has 0 aliphatic carbocycles. The Kier molecular flexibility index (Phi) is 6.49. The molecule has 0 atom stereocenters. The van der Waals surface area contributed by atoms with E-state index >= 15 is 0 Å². The molecule has 15 aromatic carbocycles. The fourth-order valence-electron chi connectivity index (χ4n) is 17.1.